The summed E-state index contributed by atoms with van der Waals surface area (Å²) in [5, 5.41) is 2.30. The predicted molar refractivity (Wildman–Crippen MR) is 94.5 cm³/mol. The lowest BCUT2D eigenvalue weighted by Gasteiger charge is -2.21. The van der Waals surface area contributed by atoms with E-state index in [1.807, 2.05) is 0 Å². The molecular weight excluding hydrogens is 358 g/mol. The van der Waals surface area contributed by atoms with E-state index in [1.54, 1.807) is 18.2 Å². The fraction of sp³-hybridized carbons (Fsp3) is 0.474. The average Bonchev–Trinajstić information content (AvgIpc) is 2.85. The molecule has 1 aromatic carbocycles. The van der Waals surface area contributed by atoms with Crippen LogP contribution in [0.1, 0.15) is 52.8 Å². The van der Waals surface area contributed by atoms with Gasteiger partial charge < -0.3 is 4.74 Å². The Kier molecular flexibility index (Phi) is 5.71. The van der Waals surface area contributed by atoms with Gasteiger partial charge >= 0.3 is 0 Å². The number of carbonyl (C=O) groups is 4. The molecule has 2 amide bonds. The van der Waals surface area contributed by atoms with E-state index in [9.17, 15) is 19.2 Å². The molecule has 1 aliphatic carbocycles. The van der Waals surface area contributed by atoms with Crippen LogP contribution < -0.4 is 10.1 Å². The van der Waals surface area contributed by atoms with Gasteiger partial charge in [0, 0.05) is 29.3 Å². The van der Waals surface area contributed by atoms with Crippen LogP contribution >= 0.6 is 11.6 Å². The quantitative estimate of drug-likeness (QED) is 0.341. The van der Waals surface area contributed by atoms with Gasteiger partial charge in [-0.25, -0.2) is 0 Å². The molecule has 0 radical (unpaired) electrons. The van der Waals surface area contributed by atoms with Crippen molar-refractivity contribution in [2.75, 3.05) is 12.5 Å². The Morgan fingerprint density at radius 1 is 1.08 bits per heavy atom. The van der Waals surface area contributed by atoms with Crippen molar-refractivity contribution < 1.29 is 23.9 Å². The second-order valence-electron chi connectivity index (χ2n) is 6.60. The number of fused-ring (bicyclic) bond motifs is 1. The Morgan fingerprint density at radius 2 is 1.85 bits per heavy atom. The summed E-state index contributed by atoms with van der Waals surface area (Å²) in [4.78, 5) is 48.2. The number of hydrogen-bond acceptors (Lipinski definition) is 5. The van der Waals surface area contributed by atoms with Gasteiger partial charge in [-0.2, -0.15) is 0 Å². The number of ketones is 2. The van der Waals surface area contributed by atoms with Crippen LogP contribution in [0.2, 0.25) is 0 Å². The molecule has 1 saturated heterocycles. The first-order valence-electron chi connectivity index (χ1n) is 8.76. The van der Waals surface area contributed by atoms with E-state index < -0.39 is 5.92 Å². The van der Waals surface area contributed by atoms with Crippen LogP contribution in [0.5, 0.6) is 5.75 Å². The number of alkyl halides is 1. The fourth-order valence-corrected chi connectivity index (χ4v) is 3.52. The molecule has 1 fully saturated rings. The maximum atomic E-state index is 12.6. The summed E-state index contributed by atoms with van der Waals surface area (Å²) in [5.74, 6) is -1.06. The number of piperidine rings is 1. The van der Waals surface area contributed by atoms with Crippen molar-refractivity contribution in [2.45, 2.75) is 32.1 Å². The second-order valence-corrected chi connectivity index (χ2v) is 6.98. The maximum Gasteiger partial charge on any atom is 0.229 e. The first-order chi connectivity index (χ1) is 12.5. The number of rotatable bonds is 7. The number of amides is 2. The molecule has 2 unspecified atom stereocenters. The summed E-state index contributed by atoms with van der Waals surface area (Å²) in [6, 6.07) is 4.91. The zero-order valence-electron chi connectivity index (χ0n) is 14.3. The highest BCUT2D eigenvalue weighted by atomic mass is 35.5. The highest BCUT2D eigenvalue weighted by Crippen LogP contribution is 2.34. The minimum atomic E-state index is -0.756. The van der Waals surface area contributed by atoms with Crippen LogP contribution in [-0.4, -0.2) is 35.9 Å². The summed E-state index contributed by atoms with van der Waals surface area (Å²) in [6.45, 7) is 0.448. The van der Waals surface area contributed by atoms with E-state index in [1.165, 1.54) is 0 Å². The van der Waals surface area contributed by atoms with Crippen molar-refractivity contribution in [3.8, 4) is 5.75 Å². The van der Waals surface area contributed by atoms with Gasteiger partial charge in [-0.05, 0) is 43.9 Å². The summed E-state index contributed by atoms with van der Waals surface area (Å²) in [5.41, 5.74) is 0.791. The Hall–Kier alpha value is -2.21. The summed E-state index contributed by atoms with van der Waals surface area (Å²) >= 11 is 5.61. The van der Waals surface area contributed by atoms with E-state index in [-0.39, 0.29) is 29.3 Å². The van der Waals surface area contributed by atoms with Gasteiger partial charge in [0.25, 0.3) is 0 Å². The number of carbonyl (C=O) groups excluding carboxylic acids is 4. The molecule has 7 heteroatoms. The van der Waals surface area contributed by atoms with Crippen molar-refractivity contribution >= 4 is 35.0 Å². The highest BCUT2D eigenvalue weighted by molar-refractivity contribution is 6.26. The molecule has 1 heterocycles. The van der Waals surface area contributed by atoms with Crippen molar-refractivity contribution in [3.63, 3.8) is 0 Å². The second kappa shape index (κ2) is 7.99. The lowest BCUT2D eigenvalue weighted by atomic mass is 9.88. The number of halogens is 1. The summed E-state index contributed by atoms with van der Waals surface area (Å²) in [6.07, 6.45) is 2.17. The Labute approximate surface area is 156 Å². The largest absolute Gasteiger partial charge is 0.494 e. The van der Waals surface area contributed by atoms with Gasteiger partial charge in [0.2, 0.25) is 11.8 Å². The number of nitrogens with one attached hydrogen (secondary N) is 1. The molecular formula is C19H20ClNO5. The van der Waals surface area contributed by atoms with Gasteiger partial charge in [0.05, 0.1) is 12.5 Å². The zero-order chi connectivity index (χ0) is 18.7. The summed E-state index contributed by atoms with van der Waals surface area (Å²) < 4.78 is 5.54. The third kappa shape index (κ3) is 3.80. The molecule has 2 aliphatic rings. The van der Waals surface area contributed by atoms with Crippen molar-refractivity contribution in [2.24, 2.45) is 11.8 Å². The van der Waals surface area contributed by atoms with Crippen LogP contribution in [0.15, 0.2) is 18.2 Å². The van der Waals surface area contributed by atoms with Crippen molar-refractivity contribution in [3.05, 3.63) is 29.3 Å². The van der Waals surface area contributed by atoms with Crippen LogP contribution in [0.25, 0.3) is 0 Å². The molecule has 0 bridgehead atoms. The number of ether oxygens (including phenoxy) is 1. The molecule has 26 heavy (non-hydrogen) atoms. The molecule has 1 N–H and O–H groups in total. The minimum Gasteiger partial charge on any atom is -0.494 e. The predicted octanol–water partition coefficient (Wildman–Crippen LogP) is 2.52. The van der Waals surface area contributed by atoms with Crippen LogP contribution in [-0.2, 0) is 9.59 Å². The molecule has 1 aliphatic heterocycles. The molecule has 1 aromatic rings. The van der Waals surface area contributed by atoms with E-state index in [4.69, 9.17) is 16.3 Å². The highest BCUT2D eigenvalue weighted by Gasteiger charge is 2.39. The summed E-state index contributed by atoms with van der Waals surface area (Å²) in [7, 11) is 0. The van der Waals surface area contributed by atoms with Crippen molar-refractivity contribution in [1.29, 1.82) is 0 Å². The Balaban J connectivity index is 1.65. The smallest absolute Gasteiger partial charge is 0.229 e. The van der Waals surface area contributed by atoms with Gasteiger partial charge in [-0.1, -0.05) is 0 Å². The van der Waals surface area contributed by atoms with E-state index in [0.29, 0.717) is 61.5 Å². The molecule has 2 atom stereocenters. The van der Waals surface area contributed by atoms with Crippen molar-refractivity contribution in [1.82, 2.24) is 5.32 Å². The average molecular weight is 378 g/mol. The normalized spacial score (nSPS) is 22.3. The van der Waals surface area contributed by atoms with E-state index in [2.05, 4.69) is 5.32 Å². The van der Waals surface area contributed by atoms with E-state index >= 15 is 0 Å². The lowest BCUT2D eigenvalue weighted by Crippen LogP contribution is -2.40. The molecule has 138 valence electrons. The first kappa shape index (κ1) is 18.6. The number of benzene rings is 1. The standard InChI is InChI=1S/C19H20ClNO5/c20-8-1-9-26-12-4-6-13-15(10-12)18(24)14(17(13)23)5-2-11-3-7-16(22)21-19(11)25/h4,6,10-11,14H,1-3,5,7-9H2,(H,21,22,25). The topological polar surface area (TPSA) is 89.5 Å². The molecule has 0 spiro atoms. The Morgan fingerprint density at radius 3 is 2.58 bits per heavy atom. The SMILES string of the molecule is O=C1CCC(CCC2C(=O)c3ccc(OCCCCl)cc3C2=O)C(=O)N1. The first-order valence-corrected chi connectivity index (χ1v) is 9.29. The molecule has 0 aromatic heterocycles. The zero-order valence-corrected chi connectivity index (χ0v) is 15.0. The Bertz CT molecular complexity index is 760. The van der Waals surface area contributed by atoms with E-state index in [0.717, 1.165) is 0 Å². The minimum absolute atomic E-state index is 0.204. The molecule has 6 nitrogen and oxygen atoms in total. The fourth-order valence-electron chi connectivity index (χ4n) is 3.41. The molecule has 3 rings (SSSR count). The number of imide groups is 1. The van der Waals surface area contributed by atoms with Crippen LogP contribution in [0, 0.1) is 11.8 Å². The van der Waals surface area contributed by atoms with Gasteiger partial charge in [-0.15, -0.1) is 11.6 Å². The lowest BCUT2D eigenvalue weighted by molar-refractivity contribution is -0.136. The van der Waals surface area contributed by atoms with Gasteiger partial charge in [-0.3, -0.25) is 24.5 Å². The monoisotopic (exact) mass is 377 g/mol. The third-order valence-electron chi connectivity index (χ3n) is 4.86. The third-order valence-corrected chi connectivity index (χ3v) is 5.13. The van der Waals surface area contributed by atoms with Crippen LogP contribution in [0.3, 0.4) is 0 Å². The number of Topliss-reactive ketones (excluding diaryl/α,β-unsaturated/α-hetero) is 2. The maximum absolute atomic E-state index is 12.6. The van der Waals surface area contributed by atoms with Gasteiger partial charge in [0.15, 0.2) is 11.6 Å². The van der Waals surface area contributed by atoms with Crippen LogP contribution in [0.4, 0.5) is 0 Å². The molecule has 0 saturated carbocycles. The van der Waals surface area contributed by atoms with Gasteiger partial charge in [0.1, 0.15) is 5.75 Å². The number of hydrogen-bond donors (Lipinski definition) is 1.